The molecule has 0 aliphatic carbocycles. The van der Waals surface area contributed by atoms with Crippen LogP contribution in [-0.2, 0) is 11.3 Å². The highest BCUT2D eigenvalue weighted by molar-refractivity contribution is 7.15. The molecule has 0 aliphatic heterocycles. The Morgan fingerprint density at radius 3 is 2.85 bits per heavy atom. The topological polar surface area (TPSA) is 73.6 Å². The van der Waals surface area contributed by atoms with Crippen LogP contribution in [0.15, 0.2) is 40.5 Å². The van der Waals surface area contributed by atoms with Crippen molar-refractivity contribution in [3.63, 3.8) is 0 Å². The van der Waals surface area contributed by atoms with Gasteiger partial charge in [0.25, 0.3) is 5.56 Å². The Labute approximate surface area is 163 Å². The van der Waals surface area contributed by atoms with Gasteiger partial charge in [0.1, 0.15) is 6.61 Å². The van der Waals surface area contributed by atoms with E-state index in [1.807, 2.05) is 12.3 Å². The van der Waals surface area contributed by atoms with Crippen LogP contribution in [0.3, 0.4) is 0 Å². The highest BCUT2D eigenvalue weighted by Crippen LogP contribution is 2.21. The standard InChI is InChI=1S/C19H14ClN3O3S/c1-10-9-27-19-22-14(7-17(24)23(10)19)8-26-18(25)15-6-12-5-13(20)3-4-16(12)21-11(15)2/h3-7,9H,8H2,1-2H3. The number of hydrogen-bond acceptors (Lipinski definition) is 6. The van der Waals surface area contributed by atoms with E-state index in [2.05, 4.69) is 9.97 Å². The van der Waals surface area contributed by atoms with Crippen molar-refractivity contribution < 1.29 is 9.53 Å². The summed E-state index contributed by atoms with van der Waals surface area (Å²) in [5.41, 5.74) is 2.71. The average molecular weight is 400 g/mol. The third-order valence-corrected chi connectivity index (χ3v) is 5.35. The van der Waals surface area contributed by atoms with E-state index in [0.717, 1.165) is 16.6 Å². The van der Waals surface area contributed by atoms with E-state index in [1.54, 1.807) is 31.2 Å². The quantitative estimate of drug-likeness (QED) is 0.488. The van der Waals surface area contributed by atoms with Crippen molar-refractivity contribution in [1.29, 1.82) is 0 Å². The lowest BCUT2D eigenvalue weighted by Gasteiger charge is -2.08. The minimum absolute atomic E-state index is 0.0887. The summed E-state index contributed by atoms with van der Waals surface area (Å²) in [6.45, 7) is 3.50. The van der Waals surface area contributed by atoms with Crippen molar-refractivity contribution in [1.82, 2.24) is 14.4 Å². The maximum atomic E-state index is 12.5. The van der Waals surface area contributed by atoms with Crippen molar-refractivity contribution in [2.24, 2.45) is 0 Å². The molecule has 0 unspecified atom stereocenters. The molecule has 4 aromatic rings. The van der Waals surface area contributed by atoms with Crippen LogP contribution in [0.5, 0.6) is 0 Å². The van der Waals surface area contributed by atoms with Gasteiger partial charge in [-0.25, -0.2) is 9.78 Å². The van der Waals surface area contributed by atoms with Gasteiger partial charge in [-0.3, -0.25) is 14.2 Å². The molecule has 0 atom stereocenters. The van der Waals surface area contributed by atoms with Crippen LogP contribution in [0, 0.1) is 13.8 Å². The predicted octanol–water partition coefficient (Wildman–Crippen LogP) is 3.93. The summed E-state index contributed by atoms with van der Waals surface area (Å²) in [6.07, 6.45) is 0. The minimum atomic E-state index is -0.522. The third-order valence-electron chi connectivity index (χ3n) is 4.17. The van der Waals surface area contributed by atoms with Crippen LogP contribution < -0.4 is 5.56 Å². The molecule has 0 fully saturated rings. The van der Waals surface area contributed by atoms with Crippen molar-refractivity contribution in [2.45, 2.75) is 20.5 Å². The summed E-state index contributed by atoms with van der Waals surface area (Å²) in [6, 6.07) is 8.39. The fourth-order valence-corrected chi connectivity index (χ4v) is 3.91. The van der Waals surface area contributed by atoms with Gasteiger partial charge in [-0.15, -0.1) is 11.3 Å². The molecule has 0 amide bonds. The van der Waals surface area contributed by atoms with Gasteiger partial charge in [-0.05, 0) is 38.1 Å². The number of ether oxygens (including phenoxy) is 1. The van der Waals surface area contributed by atoms with E-state index in [4.69, 9.17) is 16.3 Å². The summed E-state index contributed by atoms with van der Waals surface area (Å²) < 4.78 is 6.89. The second-order valence-corrected chi connectivity index (χ2v) is 7.39. The number of nitrogens with zero attached hydrogens (tertiary/aromatic N) is 3. The number of pyridine rings is 1. The number of fused-ring (bicyclic) bond motifs is 2. The molecule has 27 heavy (non-hydrogen) atoms. The Kier molecular flexibility index (Phi) is 4.41. The zero-order valence-electron chi connectivity index (χ0n) is 14.5. The van der Waals surface area contributed by atoms with Crippen molar-refractivity contribution >= 4 is 44.8 Å². The molecule has 0 radical (unpaired) electrons. The number of halogens is 1. The normalized spacial score (nSPS) is 11.2. The Hall–Kier alpha value is -2.77. The van der Waals surface area contributed by atoms with Gasteiger partial charge in [0, 0.05) is 27.5 Å². The number of thiazole rings is 1. The van der Waals surface area contributed by atoms with Crippen LogP contribution in [0.2, 0.25) is 5.02 Å². The molecule has 0 spiro atoms. The largest absolute Gasteiger partial charge is 0.456 e. The number of benzene rings is 1. The van der Waals surface area contributed by atoms with E-state index in [9.17, 15) is 9.59 Å². The molecular weight excluding hydrogens is 386 g/mol. The zero-order chi connectivity index (χ0) is 19.1. The number of aromatic nitrogens is 3. The average Bonchev–Trinajstić information content (AvgIpc) is 3.01. The number of hydrogen-bond donors (Lipinski definition) is 0. The molecule has 0 saturated heterocycles. The van der Waals surface area contributed by atoms with Gasteiger partial charge in [0.15, 0.2) is 4.96 Å². The molecule has 0 bridgehead atoms. The molecule has 3 heterocycles. The monoisotopic (exact) mass is 399 g/mol. The highest BCUT2D eigenvalue weighted by Gasteiger charge is 2.15. The second kappa shape index (κ2) is 6.75. The number of esters is 1. The van der Waals surface area contributed by atoms with Gasteiger partial charge in [-0.2, -0.15) is 0 Å². The maximum Gasteiger partial charge on any atom is 0.340 e. The second-order valence-electron chi connectivity index (χ2n) is 6.12. The smallest absolute Gasteiger partial charge is 0.340 e. The van der Waals surface area contributed by atoms with Crippen LogP contribution in [-0.4, -0.2) is 20.3 Å². The first-order valence-corrected chi connectivity index (χ1v) is 9.39. The molecule has 0 N–H and O–H groups in total. The summed E-state index contributed by atoms with van der Waals surface area (Å²) in [4.78, 5) is 34.1. The first-order chi connectivity index (χ1) is 12.9. The lowest BCUT2D eigenvalue weighted by atomic mass is 10.1. The first-order valence-electron chi connectivity index (χ1n) is 8.13. The van der Waals surface area contributed by atoms with Gasteiger partial charge in [-0.1, -0.05) is 11.6 Å². The van der Waals surface area contributed by atoms with Gasteiger partial charge in [0.05, 0.1) is 22.5 Å². The van der Waals surface area contributed by atoms with E-state index in [-0.39, 0.29) is 12.2 Å². The van der Waals surface area contributed by atoms with Crippen molar-refractivity contribution in [3.05, 3.63) is 73.7 Å². The summed E-state index contributed by atoms with van der Waals surface area (Å²) in [7, 11) is 0. The lowest BCUT2D eigenvalue weighted by Crippen LogP contribution is -2.16. The lowest BCUT2D eigenvalue weighted by molar-refractivity contribution is 0.0466. The predicted molar refractivity (Wildman–Crippen MR) is 105 cm³/mol. The third kappa shape index (κ3) is 3.31. The number of rotatable bonds is 3. The fraction of sp³-hybridized carbons (Fsp3) is 0.158. The molecule has 6 nitrogen and oxygen atoms in total. The number of carbonyl (C=O) groups excluding carboxylic acids is 1. The molecule has 0 saturated carbocycles. The molecule has 1 aromatic carbocycles. The van der Waals surface area contributed by atoms with Crippen molar-refractivity contribution in [2.75, 3.05) is 0 Å². The Morgan fingerprint density at radius 1 is 1.22 bits per heavy atom. The van der Waals surface area contributed by atoms with E-state index in [0.29, 0.717) is 26.9 Å². The fourth-order valence-electron chi connectivity index (χ4n) is 2.84. The van der Waals surface area contributed by atoms with Crippen LogP contribution >= 0.6 is 22.9 Å². The number of aryl methyl sites for hydroxylation is 2. The van der Waals surface area contributed by atoms with E-state index in [1.165, 1.54) is 21.8 Å². The van der Waals surface area contributed by atoms with E-state index < -0.39 is 5.97 Å². The number of carbonyl (C=O) groups is 1. The summed E-state index contributed by atoms with van der Waals surface area (Å²) >= 11 is 7.38. The van der Waals surface area contributed by atoms with Gasteiger partial charge >= 0.3 is 5.97 Å². The molecule has 136 valence electrons. The van der Waals surface area contributed by atoms with Gasteiger partial charge < -0.3 is 4.74 Å². The first kappa shape index (κ1) is 17.6. The van der Waals surface area contributed by atoms with Crippen LogP contribution in [0.4, 0.5) is 0 Å². The summed E-state index contributed by atoms with van der Waals surface area (Å²) in [5, 5.41) is 3.18. The molecule has 0 aliphatic rings. The molecule has 4 rings (SSSR count). The molecule has 3 aromatic heterocycles. The highest BCUT2D eigenvalue weighted by atomic mass is 35.5. The van der Waals surface area contributed by atoms with Crippen LogP contribution in [0.1, 0.15) is 27.4 Å². The minimum Gasteiger partial charge on any atom is -0.456 e. The van der Waals surface area contributed by atoms with Crippen LogP contribution in [0.25, 0.3) is 15.9 Å². The zero-order valence-corrected chi connectivity index (χ0v) is 16.1. The molecular formula is C19H14ClN3O3S. The molecule has 8 heteroatoms. The maximum absolute atomic E-state index is 12.5. The Morgan fingerprint density at radius 2 is 2.04 bits per heavy atom. The Bertz CT molecular complexity index is 1260. The SMILES string of the molecule is Cc1nc2ccc(Cl)cc2cc1C(=O)OCc1cc(=O)n2c(C)csc2n1. The Balaban J connectivity index is 1.60. The van der Waals surface area contributed by atoms with Gasteiger partial charge in [0.2, 0.25) is 0 Å². The summed E-state index contributed by atoms with van der Waals surface area (Å²) in [5.74, 6) is -0.522. The van der Waals surface area contributed by atoms with Crippen molar-refractivity contribution in [3.8, 4) is 0 Å². The van der Waals surface area contributed by atoms with E-state index >= 15 is 0 Å².